The van der Waals surface area contributed by atoms with Crippen LogP contribution in [0.2, 0.25) is 0 Å². The lowest BCUT2D eigenvalue weighted by Gasteiger charge is -2.32. The molecule has 0 spiro atoms. The van der Waals surface area contributed by atoms with E-state index in [0.717, 1.165) is 18.4 Å². The van der Waals surface area contributed by atoms with Gasteiger partial charge >= 0.3 is 0 Å². The Balaban J connectivity index is 2.18. The summed E-state index contributed by atoms with van der Waals surface area (Å²) >= 11 is 0. The van der Waals surface area contributed by atoms with E-state index < -0.39 is 0 Å². The van der Waals surface area contributed by atoms with Crippen LogP contribution in [0.25, 0.3) is 0 Å². The third-order valence-corrected chi connectivity index (χ3v) is 5.29. The molecule has 1 aromatic rings. The first-order valence-corrected chi connectivity index (χ1v) is 8.54. The number of aryl methyl sites for hydroxylation is 2. The van der Waals surface area contributed by atoms with E-state index in [0.29, 0.717) is 6.04 Å². The highest BCUT2D eigenvalue weighted by molar-refractivity contribution is 5.36. The molecule has 21 heavy (non-hydrogen) atoms. The monoisotopic (exact) mass is 288 g/mol. The lowest BCUT2D eigenvalue weighted by molar-refractivity contribution is 0.203. The van der Waals surface area contributed by atoms with Gasteiger partial charge in [0, 0.05) is 12.6 Å². The maximum atomic E-state index is 6.18. The van der Waals surface area contributed by atoms with Crippen molar-refractivity contribution in [2.24, 2.45) is 17.6 Å². The van der Waals surface area contributed by atoms with Crippen molar-refractivity contribution in [2.75, 3.05) is 19.6 Å². The quantitative estimate of drug-likeness (QED) is 0.905. The van der Waals surface area contributed by atoms with Crippen LogP contribution in [0.5, 0.6) is 0 Å². The van der Waals surface area contributed by atoms with Crippen LogP contribution in [-0.4, -0.2) is 24.5 Å². The molecule has 2 unspecified atom stereocenters. The van der Waals surface area contributed by atoms with E-state index >= 15 is 0 Å². The number of hydrogen-bond donors (Lipinski definition) is 1. The highest BCUT2D eigenvalue weighted by Gasteiger charge is 2.26. The van der Waals surface area contributed by atoms with Crippen LogP contribution in [-0.2, 0) is 0 Å². The van der Waals surface area contributed by atoms with E-state index in [1.807, 2.05) is 0 Å². The van der Waals surface area contributed by atoms with Gasteiger partial charge in [-0.3, -0.25) is 4.90 Å². The van der Waals surface area contributed by atoms with Gasteiger partial charge in [0.1, 0.15) is 0 Å². The SMILES string of the molecule is Cc1cccc(C)c1C(CN)N1CCCC(C(C)C)CC1. The molecule has 1 heterocycles. The summed E-state index contributed by atoms with van der Waals surface area (Å²) in [6.07, 6.45) is 4.00. The van der Waals surface area contributed by atoms with E-state index in [-0.39, 0.29) is 0 Å². The van der Waals surface area contributed by atoms with Crippen molar-refractivity contribution < 1.29 is 0 Å². The summed E-state index contributed by atoms with van der Waals surface area (Å²) in [5, 5.41) is 0. The summed E-state index contributed by atoms with van der Waals surface area (Å²) < 4.78 is 0. The predicted octanol–water partition coefficient (Wildman–Crippen LogP) is 4.06. The first-order valence-electron chi connectivity index (χ1n) is 8.54. The minimum atomic E-state index is 0.386. The van der Waals surface area contributed by atoms with Crippen LogP contribution < -0.4 is 5.73 Å². The summed E-state index contributed by atoms with van der Waals surface area (Å²) in [6.45, 7) is 12.3. The smallest absolute Gasteiger partial charge is 0.0475 e. The minimum absolute atomic E-state index is 0.386. The van der Waals surface area contributed by atoms with Crippen LogP contribution >= 0.6 is 0 Å². The van der Waals surface area contributed by atoms with Crippen LogP contribution in [0.3, 0.4) is 0 Å². The average Bonchev–Trinajstić information content (AvgIpc) is 2.69. The van der Waals surface area contributed by atoms with Gasteiger partial charge in [0.25, 0.3) is 0 Å². The topological polar surface area (TPSA) is 29.3 Å². The standard InChI is InChI=1S/C19H32N2/c1-14(2)17-9-6-11-21(12-10-17)18(13-20)19-15(3)7-5-8-16(19)4/h5,7-8,14,17-18H,6,9-13,20H2,1-4H3. The normalized spacial score (nSPS) is 22.3. The molecular formula is C19H32N2. The van der Waals surface area contributed by atoms with E-state index in [1.54, 1.807) is 0 Å². The Morgan fingerprint density at radius 1 is 1.14 bits per heavy atom. The van der Waals surface area contributed by atoms with Crippen molar-refractivity contribution >= 4 is 0 Å². The zero-order chi connectivity index (χ0) is 15.4. The molecule has 0 aliphatic carbocycles. The molecule has 0 aromatic heterocycles. The molecule has 0 amide bonds. The molecule has 1 fully saturated rings. The third-order valence-electron chi connectivity index (χ3n) is 5.29. The molecule has 2 rings (SSSR count). The van der Waals surface area contributed by atoms with E-state index in [9.17, 15) is 0 Å². The van der Waals surface area contributed by atoms with Gasteiger partial charge in [0.2, 0.25) is 0 Å². The van der Waals surface area contributed by atoms with Crippen molar-refractivity contribution in [3.8, 4) is 0 Å². The predicted molar refractivity (Wildman–Crippen MR) is 91.5 cm³/mol. The number of nitrogens with zero attached hydrogens (tertiary/aromatic N) is 1. The zero-order valence-electron chi connectivity index (χ0n) is 14.2. The van der Waals surface area contributed by atoms with E-state index in [1.165, 1.54) is 49.0 Å². The van der Waals surface area contributed by atoms with Gasteiger partial charge in [-0.15, -0.1) is 0 Å². The Morgan fingerprint density at radius 3 is 2.38 bits per heavy atom. The average molecular weight is 288 g/mol. The second kappa shape index (κ2) is 7.42. The Kier molecular flexibility index (Phi) is 5.83. The highest BCUT2D eigenvalue weighted by atomic mass is 15.2. The van der Waals surface area contributed by atoms with Gasteiger partial charge in [0.15, 0.2) is 0 Å². The first kappa shape index (κ1) is 16.5. The Hall–Kier alpha value is -0.860. The fraction of sp³-hybridized carbons (Fsp3) is 0.684. The summed E-state index contributed by atoms with van der Waals surface area (Å²) in [4.78, 5) is 2.64. The van der Waals surface area contributed by atoms with E-state index in [4.69, 9.17) is 5.73 Å². The van der Waals surface area contributed by atoms with Crippen LogP contribution in [0.15, 0.2) is 18.2 Å². The molecule has 1 aliphatic rings. The molecule has 2 N–H and O–H groups in total. The Bertz CT molecular complexity index is 433. The number of hydrogen-bond acceptors (Lipinski definition) is 2. The molecular weight excluding hydrogens is 256 g/mol. The number of nitrogens with two attached hydrogens (primary N) is 1. The van der Waals surface area contributed by atoms with Crippen LogP contribution in [0.1, 0.15) is 55.8 Å². The lowest BCUT2D eigenvalue weighted by Crippen LogP contribution is -2.35. The van der Waals surface area contributed by atoms with Crippen molar-refractivity contribution in [1.29, 1.82) is 0 Å². The number of benzene rings is 1. The van der Waals surface area contributed by atoms with Gasteiger partial charge in [-0.25, -0.2) is 0 Å². The Morgan fingerprint density at radius 2 is 1.81 bits per heavy atom. The number of likely N-dealkylation sites (tertiary alicyclic amines) is 1. The second-order valence-electron chi connectivity index (χ2n) is 7.03. The van der Waals surface area contributed by atoms with Crippen molar-refractivity contribution in [1.82, 2.24) is 4.90 Å². The second-order valence-corrected chi connectivity index (χ2v) is 7.03. The van der Waals surface area contributed by atoms with Crippen molar-refractivity contribution in [3.05, 3.63) is 34.9 Å². The third kappa shape index (κ3) is 3.87. The molecule has 0 bridgehead atoms. The zero-order valence-corrected chi connectivity index (χ0v) is 14.2. The lowest BCUT2D eigenvalue weighted by atomic mass is 9.89. The maximum Gasteiger partial charge on any atom is 0.0475 e. The molecule has 0 saturated carbocycles. The van der Waals surface area contributed by atoms with Gasteiger partial charge in [0.05, 0.1) is 0 Å². The molecule has 0 radical (unpaired) electrons. The fourth-order valence-electron chi connectivity index (χ4n) is 3.93. The van der Waals surface area contributed by atoms with Gasteiger partial charge < -0.3 is 5.73 Å². The van der Waals surface area contributed by atoms with Gasteiger partial charge in [-0.2, -0.15) is 0 Å². The van der Waals surface area contributed by atoms with Crippen molar-refractivity contribution in [3.63, 3.8) is 0 Å². The molecule has 2 heteroatoms. The van der Waals surface area contributed by atoms with Gasteiger partial charge in [-0.1, -0.05) is 32.0 Å². The van der Waals surface area contributed by atoms with Crippen LogP contribution in [0, 0.1) is 25.7 Å². The van der Waals surface area contributed by atoms with Crippen LogP contribution in [0.4, 0.5) is 0 Å². The summed E-state index contributed by atoms with van der Waals surface area (Å²) in [5.74, 6) is 1.69. The summed E-state index contributed by atoms with van der Waals surface area (Å²) in [6, 6.07) is 6.98. The van der Waals surface area contributed by atoms with Gasteiger partial charge in [-0.05, 0) is 74.7 Å². The van der Waals surface area contributed by atoms with Crippen molar-refractivity contribution in [2.45, 2.75) is 53.0 Å². The molecule has 2 atom stereocenters. The summed E-state index contributed by atoms with van der Waals surface area (Å²) in [5.41, 5.74) is 10.4. The molecule has 118 valence electrons. The minimum Gasteiger partial charge on any atom is -0.329 e. The Labute approximate surface area is 130 Å². The molecule has 1 aromatic carbocycles. The fourth-order valence-corrected chi connectivity index (χ4v) is 3.93. The largest absolute Gasteiger partial charge is 0.329 e. The summed E-state index contributed by atoms with van der Waals surface area (Å²) in [7, 11) is 0. The number of rotatable bonds is 4. The molecule has 1 saturated heterocycles. The molecule has 1 aliphatic heterocycles. The van der Waals surface area contributed by atoms with E-state index in [2.05, 4.69) is 50.8 Å². The maximum absolute atomic E-state index is 6.18. The first-order chi connectivity index (χ1) is 10.0. The molecule has 2 nitrogen and oxygen atoms in total. The highest BCUT2D eigenvalue weighted by Crippen LogP contribution is 2.31.